The molecule has 0 atom stereocenters. The summed E-state index contributed by atoms with van der Waals surface area (Å²) in [5.41, 5.74) is 1.91. The average Bonchev–Trinajstić information content (AvgIpc) is 2.47. The number of carbonyl (C=O) groups is 1. The molecule has 0 amide bonds. The van der Waals surface area contributed by atoms with Gasteiger partial charge in [0.25, 0.3) is 0 Å². The van der Waals surface area contributed by atoms with Gasteiger partial charge in [-0.25, -0.2) is 0 Å². The largest absolute Gasteiger partial charge is 0.371 e. The van der Waals surface area contributed by atoms with Crippen LogP contribution in [0.3, 0.4) is 0 Å². The Morgan fingerprint density at radius 3 is 2.56 bits per heavy atom. The molecule has 0 saturated carbocycles. The number of hydrogen-bond acceptors (Lipinski definition) is 2. The minimum absolute atomic E-state index is 0.829. The Bertz CT molecular complexity index is 570. The van der Waals surface area contributed by atoms with Gasteiger partial charge < -0.3 is 4.90 Å². The second-order valence-electron chi connectivity index (χ2n) is 4.69. The average molecular weight is 238 g/mol. The lowest BCUT2D eigenvalue weighted by Gasteiger charge is -2.30. The molecular formula is C16H16NO. The van der Waals surface area contributed by atoms with E-state index in [0.717, 1.165) is 54.2 Å². The van der Waals surface area contributed by atoms with E-state index in [4.69, 9.17) is 0 Å². The lowest BCUT2D eigenvalue weighted by Crippen LogP contribution is -2.30. The summed E-state index contributed by atoms with van der Waals surface area (Å²) in [5, 5.41) is 2.19. The number of nitrogens with zero attached hydrogens (tertiary/aromatic N) is 1. The fourth-order valence-corrected chi connectivity index (χ4v) is 2.67. The van der Waals surface area contributed by atoms with Crippen LogP contribution in [0.25, 0.3) is 10.8 Å². The summed E-state index contributed by atoms with van der Waals surface area (Å²) in [6.07, 6.45) is 5.52. The molecule has 2 aromatic rings. The van der Waals surface area contributed by atoms with Gasteiger partial charge in [-0.1, -0.05) is 30.3 Å². The third-order valence-electron chi connectivity index (χ3n) is 3.61. The summed E-state index contributed by atoms with van der Waals surface area (Å²) < 4.78 is 0. The minimum atomic E-state index is 0.829. The smallest absolute Gasteiger partial charge is 0.152 e. The van der Waals surface area contributed by atoms with Gasteiger partial charge in [0.1, 0.15) is 0 Å². The normalized spacial score (nSPS) is 15.9. The molecule has 1 aliphatic rings. The fourth-order valence-electron chi connectivity index (χ4n) is 2.67. The maximum Gasteiger partial charge on any atom is 0.152 e. The van der Waals surface area contributed by atoms with Crippen molar-refractivity contribution in [3.8, 4) is 0 Å². The third kappa shape index (κ3) is 1.88. The van der Waals surface area contributed by atoms with Gasteiger partial charge in [0, 0.05) is 24.3 Å². The number of benzene rings is 2. The lowest BCUT2D eigenvalue weighted by atomic mass is 10.0. The monoisotopic (exact) mass is 238 g/mol. The van der Waals surface area contributed by atoms with Crippen molar-refractivity contribution >= 4 is 22.7 Å². The van der Waals surface area contributed by atoms with Crippen molar-refractivity contribution in [1.82, 2.24) is 0 Å². The number of anilines is 1. The number of carbonyl (C=O) groups excluding carboxylic acids is 1. The second kappa shape index (κ2) is 4.81. The number of rotatable bonds is 2. The molecule has 1 radical (unpaired) electrons. The molecule has 18 heavy (non-hydrogen) atoms. The zero-order chi connectivity index (χ0) is 12.4. The molecule has 0 aliphatic carbocycles. The summed E-state index contributed by atoms with van der Waals surface area (Å²) in [5.74, 6) is 0. The van der Waals surface area contributed by atoms with Gasteiger partial charge in [0.05, 0.1) is 0 Å². The van der Waals surface area contributed by atoms with Crippen LogP contribution < -0.4 is 4.90 Å². The van der Waals surface area contributed by atoms with Gasteiger partial charge in [0.2, 0.25) is 0 Å². The number of hydrogen-bond donors (Lipinski definition) is 0. The zero-order valence-electron chi connectivity index (χ0n) is 10.3. The Labute approximate surface area is 107 Å². The molecule has 0 aromatic heterocycles. The van der Waals surface area contributed by atoms with Crippen molar-refractivity contribution in [1.29, 1.82) is 0 Å². The number of aldehydes is 1. The van der Waals surface area contributed by atoms with Crippen LogP contribution in [0.1, 0.15) is 23.2 Å². The zero-order valence-corrected chi connectivity index (χ0v) is 10.3. The van der Waals surface area contributed by atoms with Gasteiger partial charge in [-0.05, 0) is 36.1 Å². The first-order valence-electron chi connectivity index (χ1n) is 6.43. The van der Waals surface area contributed by atoms with Crippen LogP contribution in [0.2, 0.25) is 0 Å². The number of fused-ring (bicyclic) bond motifs is 1. The van der Waals surface area contributed by atoms with Crippen LogP contribution >= 0.6 is 0 Å². The first kappa shape index (κ1) is 11.3. The van der Waals surface area contributed by atoms with Crippen LogP contribution in [0.4, 0.5) is 5.69 Å². The molecule has 2 aromatic carbocycles. The highest BCUT2D eigenvalue weighted by Crippen LogP contribution is 2.29. The Hall–Kier alpha value is -1.83. The predicted molar refractivity (Wildman–Crippen MR) is 75.1 cm³/mol. The van der Waals surface area contributed by atoms with Crippen LogP contribution in [-0.4, -0.2) is 19.4 Å². The van der Waals surface area contributed by atoms with E-state index >= 15 is 0 Å². The van der Waals surface area contributed by atoms with E-state index in [1.807, 2.05) is 18.2 Å². The molecule has 3 rings (SSSR count). The summed E-state index contributed by atoms with van der Waals surface area (Å²) in [6.45, 7) is 2.03. The van der Waals surface area contributed by atoms with E-state index in [-0.39, 0.29) is 0 Å². The lowest BCUT2D eigenvalue weighted by molar-refractivity contribution is 0.112. The molecule has 0 spiro atoms. The van der Waals surface area contributed by atoms with E-state index in [1.54, 1.807) is 0 Å². The van der Waals surface area contributed by atoms with Crippen LogP contribution in [0.5, 0.6) is 0 Å². The van der Waals surface area contributed by atoms with Crippen molar-refractivity contribution in [3.63, 3.8) is 0 Å². The van der Waals surface area contributed by atoms with Gasteiger partial charge in [-0.3, -0.25) is 4.79 Å². The van der Waals surface area contributed by atoms with Crippen molar-refractivity contribution < 1.29 is 4.79 Å². The maximum absolute atomic E-state index is 11.4. The van der Waals surface area contributed by atoms with E-state index in [2.05, 4.69) is 29.5 Å². The predicted octanol–water partition coefficient (Wildman–Crippen LogP) is 3.46. The van der Waals surface area contributed by atoms with Gasteiger partial charge in [0.15, 0.2) is 6.29 Å². The molecule has 0 unspecified atom stereocenters. The molecule has 0 N–H and O–H groups in total. The van der Waals surface area contributed by atoms with E-state index in [0.29, 0.717) is 0 Å². The summed E-state index contributed by atoms with van der Waals surface area (Å²) in [4.78, 5) is 13.8. The third-order valence-corrected chi connectivity index (χ3v) is 3.61. The van der Waals surface area contributed by atoms with Gasteiger partial charge in [-0.2, -0.15) is 0 Å². The molecule has 1 aliphatic heterocycles. The second-order valence-corrected chi connectivity index (χ2v) is 4.69. The molecule has 2 heteroatoms. The Morgan fingerprint density at radius 2 is 1.78 bits per heavy atom. The first-order chi connectivity index (χ1) is 8.90. The Balaban J connectivity index is 2.13. The first-order valence-corrected chi connectivity index (χ1v) is 6.43. The van der Waals surface area contributed by atoms with Crippen molar-refractivity contribution in [2.75, 3.05) is 18.0 Å². The molecule has 1 saturated heterocycles. The van der Waals surface area contributed by atoms with E-state index in [9.17, 15) is 4.79 Å². The van der Waals surface area contributed by atoms with Crippen LogP contribution in [0.15, 0.2) is 36.4 Å². The Morgan fingerprint density at radius 1 is 1.00 bits per heavy atom. The molecule has 1 heterocycles. The highest BCUT2D eigenvalue weighted by Gasteiger charge is 2.15. The molecule has 0 bridgehead atoms. The summed E-state index contributed by atoms with van der Waals surface area (Å²) in [6, 6.07) is 12.3. The quantitative estimate of drug-likeness (QED) is 0.747. The van der Waals surface area contributed by atoms with Gasteiger partial charge in [-0.15, -0.1) is 0 Å². The van der Waals surface area contributed by atoms with Crippen LogP contribution in [0, 0.1) is 6.42 Å². The molecule has 1 fully saturated rings. The summed E-state index contributed by atoms with van der Waals surface area (Å²) >= 11 is 0. The Kier molecular flexibility index (Phi) is 3.01. The fraction of sp³-hybridized carbons (Fsp3) is 0.250. The highest BCUT2D eigenvalue weighted by atomic mass is 16.1. The van der Waals surface area contributed by atoms with Crippen molar-refractivity contribution in [2.24, 2.45) is 0 Å². The topological polar surface area (TPSA) is 20.3 Å². The highest BCUT2D eigenvalue weighted by molar-refractivity contribution is 6.03. The minimum Gasteiger partial charge on any atom is -0.371 e. The SMILES string of the molecule is O=Cc1c(N2CC[CH]CC2)ccc2ccccc12. The van der Waals surface area contributed by atoms with E-state index in [1.165, 1.54) is 0 Å². The van der Waals surface area contributed by atoms with E-state index < -0.39 is 0 Å². The van der Waals surface area contributed by atoms with Crippen molar-refractivity contribution in [2.45, 2.75) is 12.8 Å². The number of piperidine rings is 1. The maximum atomic E-state index is 11.4. The summed E-state index contributed by atoms with van der Waals surface area (Å²) in [7, 11) is 0. The van der Waals surface area contributed by atoms with Crippen LogP contribution in [-0.2, 0) is 0 Å². The standard InChI is InChI=1S/C16H16NO/c18-12-15-14-7-3-2-6-13(14)8-9-16(15)17-10-4-1-5-11-17/h1-3,6-9,12H,4-5,10-11H2. The molecular weight excluding hydrogens is 222 g/mol. The van der Waals surface area contributed by atoms with Gasteiger partial charge >= 0.3 is 0 Å². The molecule has 91 valence electrons. The van der Waals surface area contributed by atoms with Crippen molar-refractivity contribution in [3.05, 3.63) is 48.4 Å². The molecule has 2 nitrogen and oxygen atoms in total.